The summed E-state index contributed by atoms with van der Waals surface area (Å²) < 4.78 is 32.5. The van der Waals surface area contributed by atoms with Crippen molar-refractivity contribution >= 4 is 17.9 Å². The Bertz CT molecular complexity index is 998. The number of carbonyl (C=O) groups excluding carboxylic acids is 1. The molecular formula is C15H14F2N8O2. The summed E-state index contributed by atoms with van der Waals surface area (Å²) in [6.07, 6.45) is 2.10. The number of amides is 1. The van der Waals surface area contributed by atoms with Crippen molar-refractivity contribution in [3.8, 4) is 5.82 Å². The number of carbonyl (C=O) groups is 1. The highest BCUT2D eigenvalue weighted by molar-refractivity contribution is 5.94. The van der Waals surface area contributed by atoms with Crippen LogP contribution in [0.1, 0.15) is 35.1 Å². The molecule has 0 aliphatic carbocycles. The zero-order valence-electron chi connectivity index (χ0n) is 14.1. The van der Waals surface area contributed by atoms with E-state index in [-0.39, 0.29) is 22.9 Å². The number of benzene rings is 1. The number of nitrogens with one attached hydrogen (secondary N) is 1. The number of rotatable bonds is 6. The van der Waals surface area contributed by atoms with Gasteiger partial charge in [-0.15, -0.1) is 5.10 Å². The van der Waals surface area contributed by atoms with Crippen molar-refractivity contribution < 1.29 is 18.2 Å². The number of hydrogen-bond acceptors (Lipinski definition) is 8. The lowest BCUT2D eigenvalue weighted by atomic mass is 10.2. The summed E-state index contributed by atoms with van der Waals surface area (Å²) in [5.41, 5.74) is 8.14. The van der Waals surface area contributed by atoms with Crippen LogP contribution in [0.2, 0.25) is 0 Å². The zero-order chi connectivity index (χ0) is 19.4. The van der Waals surface area contributed by atoms with E-state index in [1.165, 1.54) is 4.68 Å². The van der Waals surface area contributed by atoms with Gasteiger partial charge in [-0.2, -0.15) is 9.78 Å². The smallest absolute Gasteiger partial charge is 0.293 e. The normalized spacial score (nSPS) is 11.2. The van der Waals surface area contributed by atoms with Gasteiger partial charge in [-0.25, -0.2) is 18.8 Å². The molecule has 0 atom stereocenters. The van der Waals surface area contributed by atoms with Crippen molar-refractivity contribution in [3.05, 3.63) is 46.8 Å². The standard InChI is InChI=1S/C15H14F2N8O2/c1-2-3-11-12(20-24-25(11)14-13(18)22-27-23-14)15(26)21-19-7-8-6-9(16)4-5-10(8)17/h4-7H,2-3H2,1H3,(H2,18,22)(H,21,26)/b19-7-. The molecule has 0 bridgehead atoms. The minimum Gasteiger partial charge on any atom is -0.378 e. The second-order valence-corrected chi connectivity index (χ2v) is 5.38. The number of nitrogen functional groups attached to an aromatic ring is 1. The van der Waals surface area contributed by atoms with E-state index in [0.717, 1.165) is 24.4 Å². The van der Waals surface area contributed by atoms with Crippen LogP contribution in [0.15, 0.2) is 27.9 Å². The van der Waals surface area contributed by atoms with Crippen LogP contribution in [0.25, 0.3) is 5.82 Å². The van der Waals surface area contributed by atoms with Crippen LogP contribution in [0, 0.1) is 11.6 Å². The Balaban J connectivity index is 1.82. The number of aromatic nitrogens is 5. The number of anilines is 1. The summed E-state index contributed by atoms with van der Waals surface area (Å²) in [7, 11) is 0. The third-order valence-electron chi connectivity index (χ3n) is 3.49. The van der Waals surface area contributed by atoms with Gasteiger partial charge >= 0.3 is 0 Å². The molecule has 27 heavy (non-hydrogen) atoms. The maximum atomic E-state index is 13.5. The van der Waals surface area contributed by atoms with Crippen molar-refractivity contribution in [2.75, 3.05) is 5.73 Å². The maximum Gasteiger partial charge on any atom is 0.293 e. The van der Waals surface area contributed by atoms with Crippen molar-refractivity contribution in [2.24, 2.45) is 5.10 Å². The molecule has 10 nitrogen and oxygen atoms in total. The van der Waals surface area contributed by atoms with Crippen LogP contribution in [-0.4, -0.2) is 37.4 Å². The lowest BCUT2D eigenvalue weighted by molar-refractivity contribution is 0.0949. The molecule has 0 fully saturated rings. The minimum absolute atomic E-state index is 0.0104. The molecule has 0 unspecified atom stereocenters. The predicted octanol–water partition coefficient (Wildman–Crippen LogP) is 1.23. The van der Waals surface area contributed by atoms with Crippen LogP contribution in [0.3, 0.4) is 0 Å². The highest BCUT2D eigenvalue weighted by Crippen LogP contribution is 2.17. The predicted molar refractivity (Wildman–Crippen MR) is 89.0 cm³/mol. The molecule has 0 saturated carbocycles. The Hall–Kier alpha value is -3.70. The van der Waals surface area contributed by atoms with E-state index in [1.54, 1.807) is 0 Å². The van der Waals surface area contributed by atoms with Crippen molar-refractivity contribution in [1.29, 1.82) is 0 Å². The lowest BCUT2D eigenvalue weighted by Crippen LogP contribution is -2.20. The summed E-state index contributed by atoms with van der Waals surface area (Å²) in [6.45, 7) is 1.90. The van der Waals surface area contributed by atoms with Gasteiger partial charge in [0.1, 0.15) is 11.6 Å². The number of nitrogens with two attached hydrogens (primary N) is 1. The third-order valence-corrected chi connectivity index (χ3v) is 3.49. The summed E-state index contributed by atoms with van der Waals surface area (Å²) in [6, 6.07) is 2.88. The molecule has 0 aliphatic rings. The van der Waals surface area contributed by atoms with Gasteiger partial charge in [0, 0.05) is 5.56 Å². The highest BCUT2D eigenvalue weighted by Gasteiger charge is 2.23. The van der Waals surface area contributed by atoms with E-state index in [0.29, 0.717) is 18.5 Å². The van der Waals surface area contributed by atoms with Gasteiger partial charge < -0.3 is 5.73 Å². The first kappa shape index (κ1) is 18.1. The van der Waals surface area contributed by atoms with E-state index in [4.69, 9.17) is 5.73 Å². The molecule has 3 rings (SSSR count). The van der Waals surface area contributed by atoms with E-state index in [9.17, 15) is 13.6 Å². The number of hydrogen-bond donors (Lipinski definition) is 2. The molecular weight excluding hydrogens is 362 g/mol. The lowest BCUT2D eigenvalue weighted by Gasteiger charge is -2.03. The maximum absolute atomic E-state index is 13.5. The van der Waals surface area contributed by atoms with Crippen molar-refractivity contribution in [1.82, 2.24) is 30.7 Å². The quantitative estimate of drug-likeness (QED) is 0.487. The van der Waals surface area contributed by atoms with Gasteiger partial charge in [0.2, 0.25) is 11.6 Å². The van der Waals surface area contributed by atoms with Gasteiger partial charge in [0.15, 0.2) is 5.69 Å². The highest BCUT2D eigenvalue weighted by atomic mass is 19.1. The monoisotopic (exact) mass is 376 g/mol. The molecule has 0 saturated heterocycles. The van der Waals surface area contributed by atoms with Crippen LogP contribution >= 0.6 is 0 Å². The molecule has 2 heterocycles. The van der Waals surface area contributed by atoms with E-state index >= 15 is 0 Å². The first-order valence-electron chi connectivity index (χ1n) is 7.82. The SMILES string of the molecule is CCCc1c(C(=O)N/N=C\c2cc(F)ccc2F)nnn1-c1nonc1N. The van der Waals surface area contributed by atoms with E-state index < -0.39 is 17.5 Å². The molecule has 1 amide bonds. The fraction of sp³-hybridized carbons (Fsp3) is 0.200. The first-order valence-corrected chi connectivity index (χ1v) is 7.82. The van der Waals surface area contributed by atoms with Gasteiger partial charge in [-0.05, 0) is 34.9 Å². The summed E-state index contributed by atoms with van der Waals surface area (Å²) >= 11 is 0. The molecule has 0 aliphatic heterocycles. The third kappa shape index (κ3) is 3.78. The molecule has 2 aromatic heterocycles. The molecule has 0 spiro atoms. The average Bonchev–Trinajstić information content (AvgIpc) is 3.24. The minimum atomic E-state index is -0.687. The molecule has 12 heteroatoms. The average molecular weight is 376 g/mol. The second kappa shape index (κ2) is 7.68. The number of hydrazone groups is 1. The fourth-order valence-corrected chi connectivity index (χ4v) is 2.27. The van der Waals surface area contributed by atoms with E-state index in [2.05, 4.69) is 35.8 Å². The van der Waals surface area contributed by atoms with Crippen LogP contribution < -0.4 is 11.2 Å². The second-order valence-electron chi connectivity index (χ2n) is 5.38. The topological polar surface area (TPSA) is 137 Å². The zero-order valence-corrected chi connectivity index (χ0v) is 14.1. The Labute approximate surface area is 151 Å². The first-order chi connectivity index (χ1) is 13.0. The van der Waals surface area contributed by atoms with Crippen LogP contribution in [0.5, 0.6) is 0 Å². The largest absolute Gasteiger partial charge is 0.378 e. The molecule has 3 N–H and O–H groups in total. The van der Waals surface area contributed by atoms with Crippen molar-refractivity contribution in [2.45, 2.75) is 19.8 Å². The Morgan fingerprint density at radius 3 is 2.93 bits per heavy atom. The van der Waals surface area contributed by atoms with Crippen molar-refractivity contribution in [3.63, 3.8) is 0 Å². The molecule has 0 radical (unpaired) electrons. The number of halogens is 2. The van der Waals surface area contributed by atoms with Gasteiger partial charge in [0.05, 0.1) is 11.9 Å². The fourth-order valence-electron chi connectivity index (χ4n) is 2.27. The Morgan fingerprint density at radius 1 is 1.41 bits per heavy atom. The Morgan fingerprint density at radius 2 is 2.22 bits per heavy atom. The van der Waals surface area contributed by atoms with Crippen LogP contribution in [-0.2, 0) is 6.42 Å². The van der Waals surface area contributed by atoms with Gasteiger partial charge in [-0.1, -0.05) is 18.6 Å². The van der Waals surface area contributed by atoms with Crippen LogP contribution in [0.4, 0.5) is 14.6 Å². The van der Waals surface area contributed by atoms with Gasteiger partial charge in [0.25, 0.3) is 5.91 Å². The van der Waals surface area contributed by atoms with Gasteiger partial charge in [-0.3, -0.25) is 4.79 Å². The molecule has 3 aromatic rings. The molecule has 140 valence electrons. The Kier molecular flexibility index (Phi) is 5.15. The molecule has 1 aromatic carbocycles. The van der Waals surface area contributed by atoms with E-state index in [1.807, 2.05) is 6.92 Å². The number of nitrogens with zero attached hydrogens (tertiary/aromatic N) is 6. The summed E-state index contributed by atoms with van der Waals surface area (Å²) in [5.74, 6) is -1.90. The summed E-state index contributed by atoms with van der Waals surface area (Å²) in [5, 5.41) is 18.4. The summed E-state index contributed by atoms with van der Waals surface area (Å²) in [4.78, 5) is 12.4.